The number of anilines is 1. The molecule has 0 N–H and O–H groups in total. The van der Waals surface area contributed by atoms with Crippen LogP contribution >= 0.6 is 0 Å². The van der Waals surface area contributed by atoms with Crippen LogP contribution in [-0.4, -0.2) is 16.7 Å². The van der Waals surface area contributed by atoms with E-state index in [2.05, 4.69) is 0 Å². The number of carbonyl (C=O) groups excluding carboxylic acids is 2. The molecule has 156 valence electrons. The van der Waals surface area contributed by atoms with Gasteiger partial charge in [0.1, 0.15) is 11.5 Å². The summed E-state index contributed by atoms with van der Waals surface area (Å²) in [6.45, 7) is 5.83. The number of nitrogens with zero attached hydrogens (tertiary/aromatic N) is 2. The van der Waals surface area contributed by atoms with E-state index < -0.39 is 4.92 Å². The molecule has 1 saturated carbocycles. The number of benzene rings is 2. The molecule has 2 atom stereocenters. The first-order valence-corrected chi connectivity index (χ1v) is 10.2. The van der Waals surface area contributed by atoms with Gasteiger partial charge in [-0.15, -0.1) is 0 Å². The third-order valence-corrected chi connectivity index (χ3v) is 6.18. The zero-order valence-corrected chi connectivity index (χ0v) is 17.3. The van der Waals surface area contributed by atoms with Crippen LogP contribution in [0.3, 0.4) is 0 Å². The van der Waals surface area contributed by atoms with E-state index in [-0.39, 0.29) is 40.8 Å². The van der Waals surface area contributed by atoms with Gasteiger partial charge in [0.15, 0.2) is 0 Å². The summed E-state index contributed by atoms with van der Waals surface area (Å²) in [5.41, 5.74) is 2.95. The van der Waals surface area contributed by atoms with Crippen LogP contribution < -0.4 is 9.64 Å². The summed E-state index contributed by atoms with van der Waals surface area (Å²) in [5.74, 6) is -0.361. The lowest BCUT2D eigenvalue weighted by Crippen LogP contribution is -2.30. The lowest BCUT2D eigenvalue weighted by atomic mass is 9.81. The normalized spacial score (nSPS) is 21.0. The summed E-state index contributed by atoms with van der Waals surface area (Å²) in [5, 5.41) is 11.5. The third-order valence-electron chi connectivity index (χ3n) is 6.18. The number of ether oxygens (including phenoxy) is 1. The number of amides is 2. The van der Waals surface area contributed by atoms with Crippen molar-refractivity contribution in [3.63, 3.8) is 0 Å². The molecular formula is C23H24N2O5. The van der Waals surface area contributed by atoms with Crippen LogP contribution in [0.25, 0.3) is 0 Å². The number of non-ortho nitro benzene ring substituents is 1. The second-order valence-electron chi connectivity index (χ2n) is 8.26. The van der Waals surface area contributed by atoms with Crippen molar-refractivity contribution in [3.8, 4) is 11.5 Å². The minimum atomic E-state index is -0.539. The minimum Gasteiger partial charge on any atom is -0.457 e. The SMILES string of the molecule is Cc1cc(C)c(C)c(Oc2cc(N3C(=O)C4CCCCC4C3=O)cc([N+](=O)[O-])c2)c1. The Morgan fingerprint density at radius 2 is 1.60 bits per heavy atom. The molecule has 7 heteroatoms. The van der Waals surface area contributed by atoms with Gasteiger partial charge in [-0.05, 0) is 56.4 Å². The summed E-state index contributed by atoms with van der Waals surface area (Å²) in [6, 6.07) is 8.02. The largest absolute Gasteiger partial charge is 0.457 e. The maximum absolute atomic E-state index is 12.9. The standard InChI is InChI=1S/C23H24N2O5/c1-13-8-14(2)15(3)21(9-13)30-18-11-16(10-17(12-18)25(28)29)24-22(26)19-6-4-5-7-20(19)23(24)27/h8-12,19-20H,4-7H2,1-3H3. The van der Waals surface area contributed by atoms with E-state index in [9.17, 15) is 19.7 Å². The molecule has 0 aromatic heterocycles. The van der Waals surface area contributed by atoms with Crippen molar-refractivity contribution < 1.29 is 19.2 Å². The molecule has 2 aromatic rings. The molecule has 30 heavy (non-hydrogen) atoms. The molecular weight excluding hydrogens is 384 g/mol. The van der Waals surface area contributed by atoms with Gasteiger partial charge < -0.3 is 4.74 Å². The summed E-state index contributed by atoms with van der Waals surface area (Å²) >= 11 is 0. The zero-order chi connectivity index (χ0) is 21.6. The molecule has 1 heterocycles. The first-order chi connectivity index (χ1) is 14.3. The topological polar surface area (TPSA) is 89.8 Å². The molecule has 1 aliphatic heterocycles. The maximum atomic E-state index is 12.9. The van der Waals surface area contributed by atoms with Gasteiger partial charge in [0.2, 0.25) is 11.8 Å². The van der Waals surface area contributed by atoms with E-state index in [1.165, 1.54) is 18.2 Å². The van der Waals surface area contributed by atoms with Crippen molar-refractivity contribution in [3.05, 3.63) is 57.1 Å². The first-order valence-electron chi connectivity index (χ1n) is 10.2. The first kappa shape index (κ1) is 20.1. The van der Waals surface area contributed by atoms with Gasteiger partial charge in [0.05, 0.1) is 28.5 Å². The van der Waals surface area contributed by atoms with Gasteiger partial charge in [-0.25, -0.2) is 4.90 Å². The van der Waals surface area contributed by atoms with Gasteiger partial charge >= 0.3 is 0 Å². The number of hydrogen-bond donors (Lipinski definition) is 0. The van der Waals surface area contributed by atoms with Crippen LogP contribution in [0.15, 0.2) is 30.3 Å². The van der Waals surface area contributed by atoms with Crippen LogP contribution in [0.4, 0.5) is 11.4 Å². The Bertz CT molecular complexity index is 1040. The second kappa shape index (κ2) is 7.55. The Morgan fingerprint density at radius 3 is 2.20 bits per heavy atom. The summed E-state index contributed by atoms with van der Waals surface area (Å²) in [6.07, 6.45) is 3.21. The third kappa shape index (κ3) is 3.44. The highest BCUT2D eigenvalue weighted by Crippen LogP contribution is 2.42. The Morgan fingerprint density at radius 1 is 0.967 bits per heavy atom. The molecule has 1 saturated heterocycles. The molecule has 4 rings (SSSR count). The van der Waals surface area contributed by atoms with Gasteiger partial charge in [0.25, 0.3) is 5.69 Å². The molecule has 1 aliphatic carbocycles. The fourth-order valence-corrected chi connectivity index (χ4v) is 4.51. The quantitative estimate of drug-likeness (QED) is 0.404. The monoisotopic (exact) mass is 408 g/mol. The number of rotatable bonds is 4. The number of aryl methyl sites for hydroxylation is 2. The highest BCUT2D eigenvalue weighted by atomic mass is 16.6. The van der Waals surface area contributed by atoms with E-state index in [4.69, 9.17) is 4.74 Å². The Hall–Kier alpha value is -3.22. The summed E-state index contributed by atoms with van der Waals surface area (Å²) in [7, 11) is 0. The van der Waals surface area contributed by atoms with Crippen LogP contribution in [0.5, 0.6) is 11.5 Å². The summed E-state index contributed by atoms with van der Waals surface area (Å²) < 4.78 is 6.00. The highest BCUT2D eigenvalue weighted by Gasteiger charge is 2.49. The molecule has 2 aromatic carbocycles. The molecule has 2 unspecified atom stereocenters. The van der Waals surface area contributed by atoms with E-state index in [0.717, 1.165) is 34.4 Å². The van der Waals surface area contributed by atoms with Gasteiger partial charge in [-0.2, -0.15) is 0 Å². The number of imide groups is 1. The van der Waals surface area contributed by atoms with E-state index in [0.29, 0.717) is 18.6 Å². The van der Waals surface area contributed by atoms with Crippen LogP contribution in [0, 0.1) is 42.7 Å². The Balaban J connectivity index is 1.75. The number of carbonyl (C=O) groups is 2. The predicted molar refractivity (Wildman–Crippen MR) is 112 cm³/mol. The average Bonchev–Trinajstić information content (AvgIpc) is 2.96. The van der Waals surface area contributed by atoms with Gasteiger partial charge in [0, 0.05) is 12.1 Å². The van der Waals surface area contributed by atoms with Crippen molar-refractivity contribution in [2.24, 2.45) is 11.8 Å². The van der Waals surface area contributed by atoms with Crippen LogP contribution in [0.2, 0.25) is 0 Å². The number of fused-ring (bicyclic) bond motifs is 1. The number of nitro groups is 1. The fourth-order valence-electron chi connectivity index (χ4n) is 4.51. The fraction of sp³-hybridized carbons (Fsp3) is 0.391. The Kier molecular flexibility index (Phi) is 5.05. The molecule has 0 radical (unpaired) electrons. The second-order valence-corrected chi connectivity index (χ2v) is 8.26. The lowest BCUT2D eigenvalue weighted by Gasteiger charge is -2.19. The van der Waals surface area contributed by atoms with Crippen molar-refractivity contribution in [1.29, 1.82) is 0 Å². The van der Waals surface area contributed by atoms with Gasteiger partial charge in [-0.3, -0.25) is 19.7 Å². The summed E-state index contributed by atoms with van der Waals surface area (Å²) in [4.78, 5) is 38.0. The minimum absolute atomic E-state index is 0.200. The molecule has 7 nitrogen and oxygen atoms in total. The van der Waals surface area contributed by atoms with Crippen molar-refractivity contribution in [2.75, 3.05) is 4.90 Å². The molecule has 2 fully saturated rings. The molecule has 2 aliphatic rings. The predicted octanol–water partition coefficient (Wildman–Crippen LogP) is 4.99. The van der Waals surface area contributed by atoms with Crippen LogP contribution in [-0.2, 0) is 9.59 Å². The van der Waals surface area contributed by atoms with E-state index in [1.54, 1.807) is 0 Å². The molecule has 2 amide bonds. The lowest BCUT2D eigenvalue weighted by molar-refractivity contribution is -0.384. The molecule has 0 bridgehead atoms. The smallest absolute Gasteiger partial charge is 0.275 e. The Labute approximate surface area is 174 Å². The van der Waals surface area contributed by atoms with Crippen molar-refractivity contribution in [2.45, 2.75) is 46.5 Å². The van der Waals surface area contributed by atoms with Gasteiger partial charge in [-0.1, -0.05) is 18.9 Å². The average molecular weight is 408 g/mol. The van der Waals surface area contributed by atoms with E-state index >= 15 is 0 Å². The highest BCUT2D eigenvalue weighted by molar-refractivity contribution is 6.22. The van der Waals surface area contributed by atoms with Crippen LogP contribution in [0.1, 0.15) is 42.4 Å². The van der Waals surface area contributed by atoms with Crippen molar-refractivity contribution >= 4 is 23.2 Å². The van der Waals surface area contributed by atoms with Crippen molar-refractivity contribution in [1.82, 2.24) is 0 Å². The molecule has 0 spiro atoms. The maximum Gasteiger partial charge on any atom is 0.275 e. The number of nitro benzene ring substituents is 1. The van der Waals surface area contributed by atoms with E-state index in [1.807, 2.05) is 32.9 Å². The zero-order valence-electron chi connectivity index (χ0n) is 17.3. The number of hydrogen-bond acceptors (Lipinski definition) is 5.